The second-order valence-electron chi connectivity index (χ2n) is 4.67. The van der Waals surface area contributed by atoms with Gasteiger partial charge in [0.25, 0.3) is 0 Å². The van der Waals surface area contributed by atoms with E-state index in [9.17, 15) is 9.59 Å². The van der Waals surface area contributed by atoms with Crippen LogP contribution in [0, 0.1) is 0 Å². The highest BCUT2D eigenvalue weighted by Gasteiger charge is 2.32. The number of carboxylic acid groups (broad SMARTS) is 1. The van der Waals surface area contributed by atoms with Crippen LogP contribution in [0.3, 0.4) is 0 Å². The summed E-state index contributed by atoms with van der Waals surface area (Å²) < 4.78 is 15.8. The third kappa shape index (κ3) is 3.89. The molecular weight excluding hydrogens is 254 g/mol. The van der Waals surface area contributed by atoms with Crippen LogP contribution in [-0.2, 0) is 23.8 Å². The Morgan fingerprint density at radius 2 is 2.21 bits per heavy atom. The number of nitrogens with zero attached hydrogens (tertiary/aromatic N) is 1. The van der Waals surface area contributed by atoms with Gasteiger partial charge in [-0.1, -0.05) is 0 Å². The predicted molar refractivity (Wildman–Crippen MR) is 63.7 cm³/mol. The molecular formula is C12H19NO6. The summed E-state index contributed by atoms with van der Waals surface area (Å²) in [7, 11) is 0. The molecule has 2 aliphatic heterocycles. The van der Waals surface area contributed by atoms with Gasteiger partial charge < -0.3 is 24.2 Å². The number of carboxylic acids is 1. The van der Waals surface area contributed by atoms with E-state index in [-0.39, 0.29) is 25.2 Å². The van der Waals surface area contributed by atoms with E-state index in [1.54, 1.807) is 0 Å². The lowest BCUT2D eigenvalue weighted by Gasteiger charge is -2.32. The Labute approximate surface area is 111 Å². The fraction of sp³-hybridized carbons (Fsp3) is 0.833. The molecule has 2 fully saturated rings. The van der Waals surface area contributed by atoms with Crippen LogP contribution in [0.2, 0.25) is 0 Å². The number of amides is 1. The Balaban J connectivity index is 1.75. The minimum absolute atomic E-state index is 0.0345. The van der Waals surface area contributed by atoms with Gasteiger partial charge >= 0.3 is 5.97 Å². The summed E-state index contributed by atoms with van der Waals surface area (Å²) in [6.45, 7) is 1.71. The average molecular weight is 273 g/mol. The first-order valence-corrected chi connectivity index (χ1v) is 6.48. The van der Waals surface area contributed by atoms with Crippen molar-refractivity contribution in [1.82, 2.24) is 4.90 Å². The van der Waals surface area contributed by atoms with E-state index in [4.69, 9.17) is 19.3 Å². The maximum Gasteiger partial charge on any atom is 0.328 e. The maximum atomic E-state index is 11.9. The second kappa shape index (κ2) is 6.83. The van der Waals surface area contributed by atoms with E-state index in [2.05, 4.69) is 0 Å². The molecule has 0 bridgehead atoms. The second-order valence-corrected chi connectivity index (χ2v) is 4.67. The smallest absolute Gasteiger partial charge is 0.328 e. The number of aliphatic carboxylic acids is 1. The molecule has 0 aromatic rings. The first-order valence-electron chi connectivity index (χ1n) is 6.48. The lowest BCUT2D eigenvalue weighted by Crippen LogP contribution is -2.53. The number of rotatable bonds is 5. The van der Waals surface area contributed by atoms with E-state index in [1.165, 1.54) is 4.90 Å². The minimum Gasteiger partial charge on any atom is -0.480 e. The Kier molecular flexibility index (Phi) is 5.12. The summed E-state index contributed by atoms with van der Waals surface area (Å²) in [5.41, 5.74) is 0. The molecule has 0 radical (unpaired) electrons. The van der Waals surface area contributed by atoms with Crippen molar-refractivity contribution in [3.63, 3.8) is 0 Å². The van der Waals surface area contributed by atoms with Crippen LogP contribution in [0.15, 0.2) is 0 Å². The Hall–Kier alpha value is -1.18. The molecule has 2 saturated heterocycles. The van der Waals surface area contributed by atoms with Crippen molar-refractivity contribution >= 4 is 11.9 Å². The first-order chi connectivity index (χ1) is 9.18. The fourth-order valence-electron chi connectivity index (χ4n) is 2.24. The van der Waals surface area contributed by atoms with Gasteiger partial charge in [-0.2, -0.15) is 0 Å². The molecule has 2 heterocycles. The van der Waals surface area contributed by atoms with E-state index in [0.29, 0.717) is 19.8 Å². The average Bonchev–Trinajstić information content (AvgIpc) is 2.91. The monoisotopic (exact) mass is 273 g/mol. The van der Waals surface area contributed by atoms with Crippen LogP contribution in [0.4, 0.5) is 0 Å². The zero-order chi connectivity index (χ0) is 13.7. The molecule has 0 aromatic carbocycles. The van der Waals surface area contributed by atoms with Crippen LogP contribution in [0.5, 0.6) is 0 Å². The summed E-state index contributed by atoms with van der Waals surface area (Å²) >= 11 is 0. The number of carbonyl (C=O) groups excluding carboxylic acids is 1. The molecule has 0 spiro atoms. The number of carbonyl (C=O) groups is 2. The lowest BCUT2D eigenvalue weighted by atomic mass is 10.2. The van der Waals surface area contributed by atoms with Crippen LogP contribution < -0.4 is 0 Å². The summed E-state index contributed by atoms with van der Waals surface area (Å²) in [6, 6.07) is -0.910. The molecule has 108 valence electrons. The zero-order valence-corrected chi connectivity index (χ0v) is 10.7. The Morgan fingerprint density at radius 3 is 2.89 bits per heavy atom. The van der Waals surface area contributed by atoms with Gasteiger partial charge in [0.1, 0.15) is 6.61 Å². The number of ether oxygens (including phenoxy) is 3. The van der Waals surface area contributed by atoms with Gasteiger partial charge in [-0.25, -0.2) is 4.79 Å². The van der Waals surface area contributed by atoms with Gasteiger partial charge in [0.2, 0.25) is 5.91 Å². The fourth-order valence-corrected chi connectivity index (χ4v) is 2.24. The standard InChI is InChI=1S/C12H19NO6/c14-11(8-18-6-9-2-1-4-19-9)13-3-5-17-7-10(13)12(15)16/h9-10H,1-8H2,(H,15,16)/t9-,10+/m0/s1. The third-order valence-electron chi connectivity index (χ3n) is 3.29. The zero-order valence-electron chi connectivity index (χ0n) is 10.7. The van der Waals surface area contributed by atoms with Crippen LogP contribution in [0.25, 0.3) is 0 Å². The summed E-state index contributed by atoms with van der Waals surface area (Å²) in [5, 5.41) is 9.02. The van der Waals surface area contributed by atoms with Crippen molar-refractivity contribution in [2.45, 2.75) is 25.0 Å². The topological polar surface area (TPSA) is 85.3 Å². The quantitative estimate of drug-likeness (QED) is 0.726. The molecule has 2 aliphatic rings. The van der Waals surface area contributed by atoms with Crippen LogP contribution in [-0.4, -0.2) is 73.6 Å². The Bertz CT molecular complexity index is 328. The van der Waals surface area contributed by atoms with Gasteiger partial charge in [-0.05, 0) is 12.8 Å². The van der Waals surface area contributed by atoms with Crippen molar-refractivity contribution in [1.29, 1.82) is 0 Å². The van der Waals surface area contributed by atoms with Crippen molar-refractivity contribution in [2.75, 3.05) is 39.6 Å². The van der Waals surface area contributed by atoms with Crippen molar-refractivity contribution in [2.24, 2.45) is 0 Å². The third-order valence-corrected chi connectivity index (χ3v) is 3.29. The molecule has 2 rings (SSSR count). The highest BCUT2D eigenvalue weighted by molar-refractivity contribution is 5.84. The number of morpholine rings is 1. The molecule has 7 nitrogen and oxygen atoms in total. The highest BCUT2D eigenvalue weighted by Crippen LogP contribution is 2.12. The van der Waals surface area contributed by atoms with E-state index in [1.807, 2.05) is 0 Å². The molecule has 0 aromatic heterocycles. The largest absolute Gasteiger partial charge is 0.480 e. The minimum atomic E-state index is -1.05. The van der Waals surface area contributed by atoms with Gasteiger partial charge in [-0.15, -0.1) is 0 Å². The summed E-state index contributed by atoms with van der Waals surface area (Å²) in [5.74, 6) is -1.36. The van der Waals surface area contributed by atoms with Crippen LogP contribution in [0.1, 0.15) is 12.8 Å². The molecule has 19 heavy (non-hydrogen) atoms. The van der Waals surface area contributed by atoms with Crippen molar-refractivity contribution in [3.05, 3.63) is 0 Å². The van der Waals surface area contributed by atoms with Crippen molar-refractivity contribution in [3.8, 4) is 0 Å². The van der Waals surface area contributed by atoms with Gasteiger partial charge in [-0.3, -0.25) is 4.79 Å². The summed E-state index contributed by atoms with van der Waals surface area (Å²) in [4.78, 5) is 24.3. The van der Waals surface area contributed by atoms with Crippen molar-refractivity contribution < 1.29 is 28.9 Å². The van der Waals surface area contributed by atoms with Gasteiger partial charge in [0.05, 0.1) is 25.9 Å². The Morgan fingerprint density at radius 1 is 1.37 bits per heavy atom. The first kappa shape index (κ1) is 14.2. The molecule has 2 atom stereocenters. The lowest BCUT2D eigenvalue weighted by molar-refractivity contribution is -0.160. The van der Waals surface area contributed by atoms with Crippen LogP contribution >= 0.6 is 0 Å². The van der Waals surface area contributed by atoms with E-state index in [0.717, 1.165) is 19.4 Å². The molecule has 0 aliphatic carbocycles. The molecule has 0 unspecified atom stereocenters. The van der Waals surface area contributed by atoms with Gasteiger partial charge in [0, 0.05) is 13.2 Å². The predicted octanol–water partition coefficient (Wildman–Crippen LogP) is -0.506. The maximum absolute atomic E-state index is 11.9. The molecule has 7 heteroatoms. The van der Waals surface area contributed by atoms with Gasteiger partial charge in [0.15, 0.2) is 6.04 Å². The molecule has 0 saturated carbocycles. The summed E-state index contributed by atoms with van der Waals surface area (Å²) in [6.07, 6.45) is 2.03. The highest BCUT2D eigenvalue weighted by atomic mass is 16.5. The molecule has 1 N–H and O–H groups in total. The normalized spacial score (nSPS) is 27.5. The number of hydrogen-bond donors (Lipinski definition) is 1. The SMILES string of the molecule is O=C(O)[C@H]1COCCN1C(=O)COC[C@@H]1CCCO1. The van der Waals surface area contributed by atoms with E-state index < -0.39 is 12.0 Å². The van der Waals surface area contributed by atoms with E-state index >= 15 is 0 Å². The number of hydrogen-bond acceptors (Lipinski definition) is 5. The molecule has 1 amide bonds.